The van der Waals surface area contributed by atoms with Crippen LogP contribution in [0.5, 0.6) is 11.5 Å². The van der Waals surface area contributed by atoms with E-state index < -0.39 is 0 Å². The first-order chi connectivity index (χ1) is 6.72. The summed E-state index contributed by atoms with van der Waals surface area (Å²) in [7, 11) is 1.71. The maximum absolute atomic E-state index is 8.77. The number of aryl methyl sites for hydroxylation is 1. The lowest BCUT2D eigenvalue weighted by Crippen LogP contribution is -2.09. The fourth-order valence-electron chi connectivity index (χ4n) is 1.45. The van der Waals surface area contributed by atoms with Crippen LogP contribution in [0.15, 0.2) is 12.1 Å². The molecule has 4 nitrogen and oxygen atoms in total. The highest BCUT2D eigenvalue weighted by atomic mass is 16.7. The van der Waals surface area contributed by atoms with Gasteiger partial charge in [0.15, 0.2) is 17.7 Å². The first-order valence-corrected chi connectivity index (χ1v) is 4.26. The maximum atomic E-state index is 8.77. The zero-order valence-corrected chi connectivity index (χ0v) is 8.07. The number of hydrogen-bond acceptors (Lipinski definition) is 4. The number of anilines is 1. The lowest BCUT2D eigenvalue weighted by Gasteiger charge is -2.12. The first kappa shape index (κ1) is 8.70. The Bertz CT molecular complexity index is 409. The minimum absolute atomic E-state index is 0.258. The van der Waals surface area contributed by atoms with Crippen molar-refractivity contribution >= 4 is 5.69 Å². The van der Waals surface area contributed by atoms with Crippen LogP contribution < -0.4 is 14.4 Å². The Morgan fingerprint density at radius 3 is 2.64 bits per heavy atom. The van der Waals surface area contributed by atoms with Crippen LogP contribution in [0.1, 0.15) is 5.56 Å². The third-order valence-corrected chi connectivity index (χ3v) is 2.20. The zero-order valence-electron chi connectivity index (χ0n) is 8.07. The van der Waals surface area contributed by atoms with Gasteiger partial charge in [-0.2, -0.15) is 5.26 Å². The van der Waals surface area contributed by atoms with Crippen LogP contribution in [0.25, 0.3) is 0 Å². The summed E-state index contributed by atoms with van der Waals surface area (Å²) in [5.41, 5.74) is 1.84. The number of ether oxygens (including phenoxy) is 2. The highest BCUT2D eigenvalue weighted by Gasteiger charge is 2.16. The van der Waals surface area contributed by atoms with E-state index in [1.807, 2.05) is 19.1 Å². The minimum atomic E-state index is 0.258. The summed E-state index contributed by atoms with van der Waals surface area (Å²) in [5, 5.41) is 8.77. The van der Waals surface area contributed by atoms with E-state index >= 15 is 0 Å². The molecule has 0 unspecified atom stereocenters. The van der Waals surface area contributed by atoms with Gasteiger partial charge in [-0.05, 0) is 18.6 Å². The Labute approximate surface area is 82.3 Å². The Balaban J connectivity index is 2.48. The lowest BCUT2D eigenvalue weighted by molar-refractivity contribution is 0.174. The van der Waals surface area contributed by atoms with Gasteiger partial charge in [-0.3, -0.25) is 4.90 Å². The second kappa shape index (κ2) is 3.11. The standard InChI is InChI=1S/C10H10N2O2/c1-7-3-9-10(14-6-13-9)4-8(7)12(2)5-11/h3-4H,6H2,1-2H3. The molecule has 0 bridgehead atoms. The van der Waals surface area contributed by atoms with Crippen molar-refractivity contribution < 1.29 is 9.47 Å². The summed E-state index contributed by atoms with van der Waals surface area (Å²) in [4.78, 5) is 1.50. The molecule has 1 aliphatic rings. The molecule has 1 aliphatic heterocycles. The van der Waals surface area contributed by atoms with Crippen molar-refractivity contribution in [2.75, 3.05) is 18.7 Å². The van der Waals surface area contributed by atoms with Gasteiger partial charge in [0.25, 0.3) is 0 Å². The Kier molecular flexibility index (Phi) is 1.93. The van der Waals surface area contributed by atoms with Gasteiger partial charge in [0.1, 0.15) is 0 Å². The molecule has 1 aromatic rings. The van der Waals surface area contributed by atoms with Crippen LogP contribution in [-0.2, 0) is 0 Å². The van der Waals surface area contributed by atoms with Crippen molar-refractivity contribution in [3.63, 3.8) is 0 Å². The Morgan fingerprint density at radius 2 is 2.00 bits per heavy atom. The quantitative estimate of drug-likeness (QED) is 0.499. The third-order valence-electron chi connectivity index (χ3n) is 2.20. The molecule has 0 saturated carbocycles. The van der Waals surface area contributed by atoms with E-state index in [4.69, 9.17) is 14.7 Å². The topological polar surface area (TPSA) is 45.5 Å². The van der Waals surface area contributed by atoms with Crippen molar-refractivity contribution in [2.24, 2.45) is 0 Å². The number of nitriles is 1. The van der Waals surface area contributed by atoms with E-state index in [0.29, 0.717) is 5.75 Å². The van der Waals surface area contributed by atoms with E-state index in [1.165, 1.54) is 4.90 Å². The molecule has 4 heteroatoms. The first-order valence-electron chi connectivity index (χ1n) is 4.26. The zero-order chi connectivity index (χ0) is 10.1. The highest BCUT2D eigenvalue weighted by Crippen LogP contribution is 2.37. The Hall–Kier alpha value is -1.89. The molecule has 0 fully saturated rings. The summed E-state index contributed by atoms with van der Waals surface area (Å²) in [6.45, 7) is 2.19. The number of nitrogens with zero attached hydrogens (tertiary/aromatic N) is 2. The van der Waals surface area contributed by atoms with E-state index in [9.17, 15) is 0 Å². The smallest absolute Gasteiger partial charge is 0.231 e. The predicted octanol–water partition coefficient (Wildman–Crippen LogP) is 1.64. The van der Waals surface area contributed by atoms with Gasteiger partial charge in [0, 0.05) is 13.1 Å². The normalized spacial score (nSPS) is 12.4. The van der Waals surface area contributed by atoms with E-state index in [2.05, 4.69) is 6.19 Å². The van der Waals surface area contributed by atoms with Crippen LogP contribution in [0.4, 0.5) is 5.69 Å². The fourth-order valence-corrected chi connectivity index (χ4v) is 1.45. The van der Waals surface area contributed by atoms with Crippen molar-refractivity contribution in [3.05, 3.63) is 17.7 Å². The fraction of sp³-hybridized carbons (Fsp3) is 0.300. The van der Waals surface area contributed by atoms with Gasteiger partial charge in [0.05, 0.1) is 5.69 Å². The molecule has 0 atom stereocenters. The molecule has 72 valence electrons. The molecular weight excluding hydrogens is 180 g/mol. The average Bonchev–Trinajstić information content (AvgIpc) is 2.62. The maximum Gasteiger partial charge on any atom is 0.231 e. The summed E-state index contributed by atoms with van der Waals surface area (Å²) in [5.74, 6) is 1.45. The molecule has 14 heavy (non-hydrogen) atoms. The number of rotatable bonds is 1. The second-order valence-electron chi connectivity index (χ2n) is 3.15. The van der Waals surface area contributed by atoms with Crippen LogP contribution in [0.2, 0.25) is 0 Å². The van der Waals surface area contributed by atoms with Gasteiger partial charge < -0.3 is 9.47 Å². The minimum Gasteiger partial charge on any atom is -0.454 e. The van der Waals surface area contributed by atoms with Crippen LogP contribution in [0, 0.1) is 18.4 Å². The molecule has 0 aliphatic carbocycles. The molecule has 0 aromatic heterocycles. The van der Waals surface area contributed by atoms with Crippen LogP contribution >= 0.6 is 0 Å². The number of benzene rings is 1. The summed E-state index contributed by atoms with van der Waals surface area (Å²) >= 11 is 0. The molecule has 0 spiro atoms. The Morgan fingerprint density at radius 1 is 1.36 bits per heavy atom. The second-order valence-corrected chi connectivity index (χ2v) is 3.15. The molecule has 0 amide bonds. The average molecular weight is 190 g/mol. The molecule has 0 N–H and O–H groups in total. The van der Waals surface area contributed by atoms with Crippen molar-refractivity contribution in [3.8, 4) is 17.7 Å². The van der Waals surface area contributed by atoms with Crippen molar-refractivity contribution in [2.45, 2.75) is 6.92 Å². The number of fused-ring (bicyclic) bond motifs is 1. The SMILES string of the molecule is Cc1cc2c(cc1N(C)C#N)OCO2. The van der Waals surface area contributed by atoms with Crippen LogP contribution in [-0.4, -0.2) is 13.8 Å². The van der Waals surface area contributed by atoms with E-state index in [-0.39, 0.29) is 6.79 Å². The molecule has 1 heterocycles. The summed E-state index contributed by atoms with van der Waals surface area (Å²) in [6.07, 6.45) is 2.05. The lowest BCUT2D eigenvalue weighted by atomic mass is 10.1. The van der Waals surface area contributed by atoms with Crippen molar-refractivity contribution in [1.29, 1.82) is 5.26 Å². The van der Waals surface area contributed by atoms with Gasteiger partial charge in [-0.15, -0.1) is 0 Å². The van der Waals surface area contributed by atoms with Gasteiger partial charge >= 0.3 is 0 Å². The van der Waals surface area contributed by atoms with Gasteiger partial charge in [-0.1, -0.05) is 0 Å². The summed E-state index contributed by atoms with van der Waals surface area (Å²) < 4.78 is 10.5. The van der Waals surface area contributed by atoms with E-state index in [0.717, 1.165) is 17.0 Å². The van der Waals surface area contributed by atoms with Crippen molar-refractivity contribution in [1.82, 2.24) is 0 Å². The monoisotopic (exact) mass is 190 g/mol. The molecule has 2 rings (SSSR count). The molecule has 1 aromatic carbocycles. The van der Waals surface area contributed by atoms with Gasteiger partial charge in [0.2, 0.25) is 6.79 Å². The largest absolute Gasteiger partial charge is 0.454 e. The summed E-state index contributed by atoms with van der Waals surface area (Å²) in [6, 6.07) is 3.70. The molecular formula is C10H10N2O2. The molecule has 0 radical (unpaired) electrons. The van der Waals surface area contributed by atoms with E-state index in [1.54, 1.807) is 7.05 Å². The van der Waals surface area contributed by atoms with Crippen LogP contribution in [0.3, 0.4) is 0 Å². The van der Waals surface area contributed by atoms with Gasteiger partial charge in [-0.25, -0.2) is 0 Å². The highest BCUT2D eigenvalue weighted by molar-refractivity contribution is 5.63. The molecule has 0 saturated heterocycles. The predicted molar refractivity (Wildman–Crippen MR) is 51.3 cm³/mol. The number of hydrogen-bond donors (Lipinski definition) is 0. The third kappa shape index (κ3) is 1.23.